The second-order valence-corrected chi connectivity index (χ2v) is 6.20. The van der Waals surface area contributed by atoms with Crippen LogP contribution < -0.4 is 10.3 Å². The molecule has 0 radical (unpaired) electrons. The average Bonchev–Trinajstić information content (AvgIpc) is 2.68. The molecule has 10 nitrogen and oxygen atoms in total. The summed E-state index contributed by atoms with van der Waals surface area (Å²) in [7, 11) is 1.23. The number of nitrogens with zero attached hydrogens (tertiary/aromatic N) is 2. The number of carboxylic acid groups (broad SMARTS) is 1. The van der Waals surface area contributed by atoms with Crippen molar-refractivity contribution in [3.05, 3.63) is 67.8 Å². The number of ether oxygens (including phenoxy) is 1. The lowest BCUT2D eigenvalue weighted by Gasteiger charge is -2.06. The molecule has 0 aliphatic rings. The number of hydrogen-bond acceptors (Lipinski definition) is 7. The number of aromatic amines is 1. The van der Waals surface area contributed by atoms with E-state index in [4.69, 9.17) is 21.4 Å². The number of carboxylic acids is 1. The van der Waals surface area contributed by atoms with Gasteiger partial charge in [0.15, 0.2) is 11.6 Å². The molecule has 0 amide bonds. The quantitative estimate of drug-likeness (QED) is 0.422. The van der Waals surface area contributed by atoms with Crippen LogP contribution in [0, 0.1) is 10.1 Å². The Hall–Kier alpha value is -3.92. The number of H-pyrrole nitrogens is 1. The minimum absolute atomic E-state index is 0.0550. The van der Waals surface area contributed by atoms with Crippen molar-refractivity contribution in [3.63, 3.8) is 0 Å². The van der Waals surface area contributed by atoms with Crippen LogP contribution in [0.1, 0.15) is 21.7 Å². The van der Waals surface area contributed by atoms with Gasteiger partial charge in [0.25, 0.3) is 5.56 Å². The van der Waals surface area contributed by atoms with E-state index in [1.165, 1.54) is 37.5 Å². The maximum atomic E-state index is 12.3. The molecule has 0 aliphatic heterocycles. The van der Waals surface area contributed by atoms with Gasteiger partial charge in [-0.25, -0.2) is 9.78 Å². The molecule has 0 bridgehead atoms. The molecule has 1 heterocycles. The normalized spacial score (nSPS) is 11.4. The predicted molar refractivity (Wildman–Crippen MR) is 104 cm³/mol. The number of nitrogens with one attached hydrogen (secondary N) is 1. The first kappa shape index (κ1) is 19.8. The number of phenolic OH excluding ortho intramolecular Hbond substituents is 1. The molecule has 0 saturated carbocycles. The third-order valence-corrected chi connectivity index (χ3v) is 4.25. The minimum atomic E-state index is -1.18. The van der Waals surface area contributed by atoms with E-state index in [9.17, 15) is 24.8 Å². The zero-order chi connectivity index (χ0) is 21.3. The predicted octanol–water partition coefficient (Wildman–Crippen LogP) is 2.98. The summed E-state index contributed by atoms with van der Waals surface area (Å²) in [6.45, 7) is 0. The number of methoxy groups -OCH3 is 1. The molecule has 0 aliphatic carbocycles. The summed E-state index contributed by atoms with van der Waals surface area (Å²) in [5.74, 6) is -2.02. The first-order chi connectivity index (χ1) is 13.7. The van der Waals surface area contributed by atoms with E-state index < -0.39 is 27.9 Å². The van der Waals surface area contributed by atoms with Crippen molar-refractivity contribution < 1.29 is 24.7 Å². The third kappa shape index (κ3) is 3.87. The topological polar surface area (TPSA) is 156 Å². The highest BCUT2D eigenvalue weighted by Gasteiger charge is 2.20. The number of carbonyl (C=O) groups is 1. The molecule has 3 N–H and O–H groups in total. The van der Waals surface area contributed by atoms with Gasteiger partial charge in [-0.3, -0.25) is 14.9 Å². The number of aromatic hydroxyl groups is 1. The molecule has 0 spiro atoms. The SMILES string of the molecule is COc1cc(C=C(Cl)c2nc3cc(C(=O)O)ccc3c(=O)[nH]2)cc([N+](=O)[O-])c1O. The van der Waals surface area contributed by atoms with E-state index in [0.29, 0.717) is 0 Å². The fourth-order valence-electron chi connectivity index (χ4n) is 2.59. The number of halogens is 1. The van der Waals surface area contributed by atoms with Crippen LogP contribution in [0.5, 0.6) is 11.5 Å². The Morgan fingerprint density at radius 1 is 1.34 bits per heavy atom. The lowest BCUT2D eigenvalue weighted by Crippen LogP contribution is -2.11. The van der Waals surface area contributed by atoms with Gasteiger partial charge in [0, 0.05) is 6.07 Å². The van der Waals surface area contributed by atoms with Gasteiger partial charge in [-0.2, -0.15) is 0 Å². The first-order valence-electron chi connectivity index (χ1n) is 7.91. The molecule has 1 aromatic heterocycles. The van der Waals surface area contributed by atoms with Gasteiger partial charge < -0.3 is 19.9 Å². The Balaban J connectivity index is 2.14. The third-order valence-electron chi connectivity index (χ3n) is 3.97. The van der Waals surface area contributed by atoms with Gasteiger partial charge >= 0.3 is 11.7 Å². The molecule has 148 valence electrons. The van der Waals surface area contributed by atoms with E-state index in [1.54, 1.807) is 0 Å². The van der Waals surface area contributed by atoms with Crippen molar-refractivity contribution in [1.82, 2.24) is 9.97 Å². The van der Waals surface area contributed by atoms with E-state index in [-0.39, 0.29) is 38.6 Å². The molecule has 29 heavy (non-hydrogen) atoms. The number of aromatic carboxylic acids is 1. The number of aromatic nitrogens is 2. The van der Waals surface area contributed by atoms with Crippen LogP contribution in [-0.2, 0) is 0 Å². The maximum absolute atomic E-state index is 12.3. The van der Waals surface area contributed by atoms with Crippen LogP contribution in [0.15, 0.2) is 35.1 Å². The number of phenols is 1. The van der Waals surface area contributed by atoms with E-state index in [0.717, 1.165) is 6.07 Å². The summed E-state index contributed by atoms with van der Waals surface area (Å²) >= 11 is 6.22. The van der Waals surface area contributed by atoms with Crippen molar-refractivity contribution in [2.75, 3.05) is 7.11 Å². The Labute approximate surface area is 166 Å². The monoisotopic (exact) mass is 417 g/mol. The fraction of sp³-hybridized carbons (Fsp3) is 0.0556. The Morgan fingerprint density at radius 3 is 2.69 bits per heavy atom. The van der Waals surface area contributed by atoms with Crippen molar-refractivity contribution in [2.24, 2.45) is 0 Å². The smallest absolute Gasteiger partial charge is 0.335 e. The highest BCUT2D eigenvalue weighted by Crippen LogP contribution is 2.38. The summed E-state index contributed by atoms with van der Waals surface area (Å²) in [5, 5.41) is 30.1. The van der Waals surface area contributed by atoms with E-state index in [2.05, 4.69) is 9.97 Å². The van der Waals surface area contributed by atoms with Crippen LogP contribution >= 0.6 is 11.6 Å². The molecule has 3 aromatic rings. The van der Waals surface area contributed by atoms with Crippen LogP contribution in [0.4, 0.5) is 5.69 Å². The zero-order valence-electron chi connectivity index (χ0n) is 14.7. The van der Waals surface area contributed by atoms with E-state index in [1.807, 2.05) is 0 Å². The van der Waals surface area contributed by atoms with Crippen LogP contribution in [0.2, 0.25) is 0 Å². The summed E-state index contributed by atoms with van der Waals surface area (Å²) in [6, 6.07) is 6.23. The largest absolute Gasteiger partial charge is 0.500 e. The number of fused-ring (bicyclic) bond motifs is 1. The van der Waals surface area contributed by atoms with Gasteiger partial charge in [0.1, 0.15) is 0 Å². The molecule has 3 rings (SSSR count). The van der Waals surface area contributed by atoms with Gasteiger partial charge in [-0.1, -0.05) is 11.6 Å². The Kier molecular flexibility index (Phi) is 5.20. The number of nitro groups is 1. The number of hydrogen-bond donors (Lipinski definition) is 3. The fourth-order valence-corrected chi connectivity index (χ4v) is 2.81. The lowest BCUT2D eigenvalue weighted by atomic mass is 10.1. The molecule has 0 atom stereocenters. The lowest BCUT2D eigenvalue weighted by molar-refractivity contribution is -0.386. The van der Waals surface area contributed by atoms with Gasteiger partial charge in [-0.15, -0.1) is 0 Å². The highest BCUT2D eigenvalue weighted by atomic mass is 35.5. The maximum Gasteiger partial charge on any atom is 0.335 e. The summed E-state index contributed by atoms with van der Waals surface area (Å²) in [5.41, 5.74) is -0.864. The van der Waals surface area contributed by atoms with Gasteiger partial charge in [0.2, 0.25) is 5.75 Å². The van der Waals surface area contributed by atoms with Crippen LogP contribution in [0.3, 0.4) is 0 Å². The zero-order valence-corrected chi connectivity index (χ0v) is 15.4. The molecular formula is C18H12ClN3O7. The van der Waals surface area contributed by atoms with Gasteiger partial charge in [-0.05, 0) is 35.9 Å². The summed E-state index contributed by atoms with van der Waals surface area (Å²) < 4.78 is 4.92. The standard InChI is InChI=1S/C18H12ClN3O7/c1-29-14-6-8(5-13(15(14)23)22(27)28)4-11(19)16-20-12-7-9(18(25)26)2-3-10(12)17(24)21-16/h2-7,23H,1H3,(H,25,26)(H,20,21,24). The minimum Gasteiger partial charge on any atom is -0.500 e. The summed E-state index contributed by atoms with van der Waals surface area (Å²) in [6.07, 6.45) is 1.28. The second-order valence-electron chi connectivity index (χ2n) is 5.79. The van der Waals surface area contributed by atoms with Crippen molar-refractivity contribution >= 4 is 45.3 Å². The molecule has 0 saturated heterocycles. The number of benzene rings is 2. The molecule has 11 heteroatoms. The average molecular weight is 418 g/mol. The molecule has 0 unspecified atom stereocenters. The van der Waals surface area contributed by atoms with Crippen molar-refractivity contribution in [2.45, 2.75) is 0 Å². The number of rotatable bonds is 5. The van der Waals surface area contributed by atoms with Crippen molar-refractivity contribution in [3.8, 4) is 11.5 Å². The molecular weight excluding hydrogens is 406 g/mol. The molecule has 2 aromatic carbocycles. The Bertz CT molecular complexity index is 1250. The molecule has 0 fully saturated rings. The van der Waals surface area contributed by atoms with Crippen molar-refractivity contribution in [1.29, 1.82) is 0 Å². The first-order valence-corrected chi connectivity index (χ1v) is 8.29. The summed E-state index contributed by atoms with van der Waals surface area (Å²) in [4.78, 5) is 40.3. The van der Waals surface area contributed by atoms with E-state index >= 15 is 0 Å². The second kappa shape index (κ2) is 7.60. The van der Waals surface area contributed by atoms with Crippen LogP contribution in [-0.4, -0.2) is 38.2 Å². The van der Waals surface area contributed by atoms with Crippen LogP contribution in [0.25, 0.3) is 22.0 Å². The Morgan fingerprint density at radius 2 is 2.07 bits per heavy atom. The highest BCUT2D eigenvalue weighted by molar-refractivity contribution is 6.50. The number of nitro benzene ring substituents is 1. The van der Waals surface area contributed by atoms with Gasteiger partial charge in [0.05, 0.1) is 33.5 Å².